The molecule has 70 valence electrons. The average Bonchev–Trinajstić information content (AvgIpc) is 2.54. The van der Waals surface area contributed by atoms with Crippen molar-refractivity contribution in [3.63, 3.8) is 0 Å². The molecule has 0 N–H and O–H groups in total. The van der Waals surface area contributed by atoms with Gasteiger partial charge in [0.1, 0.15) is 12.8 Å². The second-order valence-corrected chi connectivity index (χ2v) is 3.23. The smallest absolute Gasteiger partial charge is 0.325 e. The van der Waals surface area contributed by atoms with Gasteiger partial charge in [-0.1, -0.05) is 9.39 Å². The Labute approximate surface area is 76.6 Å². The van der Waals surface area contributed by atoms with Crippen LogP contribution in [-0.2, 0) is 14.1 Å². The fraction of sp³-hybridized carbons (Fsp3) is 0.667. The molecule has 4 nitrogen and oxygen atoms in total. The summed E-state index contributed by atoms with van der Waals surface area (Å²) in [7, 11) is 4.51. The lowest BCUT2D eigenvalue weighted by atomic mass is 10.2. The zero-order valence-corrected chi connectivity index (χ0v) is 9.04. The van der Waals surface area contributed by atoms with Crippen molar-refractivity contribution in [3.05, 3.63) is 0 Å². The van der Waals surface area contributed by atoms with Gasteiger partial charge in [0.2, 0.25) is 0 Å². The molecule has 0 spiro atoms. The van der Waals surface area contributed by atoms with E-state index in [1.165, 1.54) is 0 Å². The van der Waals surface area contributed by atoms with Crippen LogP contribution in [0.1, 0.15) is 12.8 Å². The van der Waals surface area contributed by atoms with E-state index in [4.69, 9.17) is 4.79 Å². The maximum Gasteiger partial charge on any atom is 0.325 e. The van der Waals surface area contributed by atoms with Gasteiger partial charge < -0.3 is 9.32 Å². The van der Waals surface area contributed by atoms with Crippen LogP contribution in [0.3, 0.4) is 0 Å². The van der Waals surface area contributed by atoms with Gasteiger partial charge in [0.15, 0.2) is 0 Å². The van der Waals surface area contributed by atoms with E-state index in [0.717, 1.165) is 19.4 Å². The molecule has 1 fully saturated rings. The molecule has 1 aliphatic rings. The van der Waals surface area contributed by atoms with Crippen LogP contribution >= 0.6 is 18.9 Å². The highest BCUT2D eigenvalue weighted by Crippen LogP contribution is 2.22. The first-order chi connectivity index (χ1) is 5.75. The van der Waals surface area contributed by atoms with Crippen LogP contribution < -0.4 is 0 Å². The van der Waals surface area contributed by atoms with Gasteiger partial charge in [0.05, 0.1) is 9.47 Å². The molecule has 2 unspecified atom stereocenters. The van der Waals surface area contributed by atoms with Crippen molar-refractivity contribution in [1.82, 2.24) is 4.67 Å². The number of hydrogen-bond acceptors (Lipinski definition) is 4. The molecule has 0 aromatic carbocycles. The summed E-state index contributed by atoms with van der Waals surface area (Å²) in [6.07, 6.45) is 1.99. The molecule has 1 heterocycles. The number of carbonyl (C=O) groups is 2. The maximum absolute atomic E-state index is 10.9. The van der Waals surface area contributed by atoms with E-state index in [9.17, 15) is 4.79 Å². The van der Waals surface area contributed by atoms with Crippen LogP contribution in [0.15, 0.2) is 0 Å². The molecule has 0 saturated carbocycles. The minimum atomic E-state index is -0.155. The Morgan fingerprint density at radius 2 is 2.17 bits per heavy atom. The van der Waals surface area contributed by atoms with Crippen LogP contribution in [0.2, 0.25) is 0 Å². The second kappa shape index (κ2) is 6.47. The Morgan fingerprint density at radius 3 is 2.50 bits per heavy atom. The van der Waals surface area contributed by atoms with Gasteiger partial charge in [-0.25, -0.2) is 0 Å². The molecule has 0 aromatic rings. The zero-order chi connectivity index (χ0) is 9.56. The molecule has 6 heteroatoms. The van der Waals surface area contributed by atoms with Crippen LogP contribution in [-0.4, -0.2) is 30.0 Å². The predicted octanol–water partition coefficient (Wildman–Crippen LogP) is 0.389. The summed E-state index contributed by atoms with van der Waals surface area (Å²) in [6, 6.07) is -0.0394. The third-order valence-electron chi connectivity index (χ3n) is 1.68. The van der Waals surface area contributed by atoms with E-state index < -0.39 is 0 Å². The SMILES string of the molecule is C=O.O=C(OP)[C@@H]1CCCN1P. The molecule has 12 heavy (non-hydrogen) atoms. The van der Waals surface area contributed by atoms with Crippen molar-refractivity contribution < 1.29 is 14.1 Å². The van der Waals surface area contributed by atoms with Crippen molar-refractivity contribution in [2.75, 3.05) is 6.54 Å². The van der Waals surface area contributed by atoms with Gasteiger partial charge in [-0.05, 0) is 12.8 Å². The topological polar surface area (TPSA) is 46.6 Å². The molecule has 1 saturated heterocycles. The number of carbonyl (C=O) groups excluding carboxylic acids is 2. The Kier molecular flexibility index (Phi) is 6.45. The largest absolute Gasteiger partial charge is 0.450 e. The highest BCUT2D eigenvalue weighted by molar-refractivity contribution is 7.13. The standard InChI is InChI=1S/C5H11NO2P2.CH2O/c7-5(8-10)4-2-1-3-6(4)9;1-2/h4H,1-3,9-10H2;1H2/t4-;/m0./s1. The van der Waals surface area contributed by atoms with E-state index in [1.54, 1.807) is 0 Å². The molecule has 1 rings (SSSR count). The van der Waals surface area contributed by atoms with E-state index in [-0.39, 0.29) is 12.0 Å². The first-order valence-electron chi connectivity index (χ1n) is 3.46. The van der Waals surface area contributed by atoms with Gasteiger partial charge in [0, 0.05) is 6.54 Å². The predicted molar refractivity (Wildman–Crippen MR) is 52.4 cm³/mol. The summed E-state index contributed by atoms with van der Waals surface area (Å²) in [6.45, 7) is 2.97. The molecule has 0 aromatic heterocycles. The normalized spacial score (nSPS) is 22.7. The Hall–Kier alpha value is -0.0400. The summed E-state index contributed by atoms with van der Waals surface area (Å²) in [5.74, 6) is -0.155. The molecule has 0 amide bonds. The molecular formula is C6H13NO3P2. The fourth-order valence-electron chi connectivity index (χ4n) is 1.12. The highest BCUT2D eigenvalue weighted by Gasteiger charge is 2.28. The Balaban J connectivity index is 0.000000561. The zero-order valence-electron chi connectivity index (χ0n) is 6.73. The van der Waals surface area contributed by atoms with Crippen LogP contribution in [0.25, 0.3) is 0 Å². The van der Waals surface area contributed by atoms with Gasteiger partial charge >= 0.3 is 5.97 Å². The number of nitrogens with zero attached hydrogens (tertiary/aromatic N) is 1. The Morgan fingerprint density at radius 1 is 1.58 bits per heavy atom. The second-order valence-electron chi connectivity index (χ2n) is 2.33. The van der Waals surface area contributed by atoms with Crippen LogP contribution in [0.5, 0.6) is 0 Å². The summed E-state index contributed by atoms with van der Waals surface area (Å²) >= 11 is 0. The molecule has 3 atom stereocenters. The van der Waals surface area contributed by atoms with E-state index >= 15 is 0 Å². The van der Waals surface area contributed by atoms with E-state index in [2.05, 4.69) is 13.9 Å². The molecule has 0 aliphatic carbocycles. The van der Waals surface area contributed by atoms with Crippen molar-refractivity contribution >= 4 is 31.6 Å². The average molecular weight is 209 g/mol. The number of hydrogen-bond donors (Lipinski definition) is 0. The molecular weight excluding hydrogens is 196 g/mol. The molecule has 0 radical (unpaired) electrons. The van der Waals surface area contributed by atoms with Gasteiger partial charge in [-0.3, -0.25) is 9.46 Å². The fourth-order valence-corrected chi connectivity index (χ4v) is 1.73. The summed E-state index contributed by atoms with van der Waals surface area (Å²) in [4.78, 5) is 18.9. The lowest BCUT2D eigenvalue weighted by Gasteiger charge is -2.15. The summed E-state index contributed by atoms with van der Waals surface area (Å²) in [5.41, 5.74) is 0. The third-order valence-corrected chi connectivity index (χ3v) is 2.53. The van der Waals surface area contributed by atoms with Crippen LogP contribution in [0.4, 0.5) is 0 Å². The third kappa shape index (κ3) is 3.14. The summed E-state index contributed by atoms with van der Waals surface area (Å²) in [5, 5.41) is 0. The molecule has 0 bridgehead atoms. The van der Waals surface area contributed by atoms with E-state index in [0.29, 0.717) is 0 Å². The van der Waals surface area contributed by atoms with Crippen molar-refractivity contribution in [2.24, 2.45) is 0 Å². The minimum Gasteiger partial charge on any atom is -0.450 e. The minimum absolute atomic E-state index is 0.0394. The Bertz CT molecular complexity index is 156. The highest BCUT2D eigenvalue weighted by atomic mass is 31.0. The van der Waals surface area contributed by atoms with Gasteiger partial charge in [-0.15, -0.1) is 0 Å². The first-order valence-corrected chi connectivity index (χ1v) is 4.45. The maximum atomic E-state index is 10.9. The van der Waals surface area contributed by atoms with Crippen molar-refractivity contribution in [2.45, 2.75) is 18.9 Å². The first kappa shape index (κ1) is 12.0. The quantitative estimate of drug-likeness (QED) is 0.586. The van der Waals surface area contributed by atoms with Gasteiger partial charge in [0.25, 0.3) is 0 Å². The van der Waals surface area contributed by atoms with Gasteiger partial charge in [-0.2, -0.15) is 0 Å². The lowest BCUT2D eigenvalue weighted by molar-refractivity contribution is -0.136. The molecule has 1 aliphatic heterocycles. The van der Waals surface area contributed by atoms with Crippen molar-refractivity contribution in [1.29, 1.82) is 0 Å². The van der Waals surface area contributed by atoms with Crippen LogP contribution in [0, 0.1) is 0 Å². The lowest BCUT2D eigenvalue weighted by Crippen LogP contribution is -2.28. The monoisotopic (exact) mass is 209 g/mol. The number of rotatable bonds is 1. The van der Waals surface area contributed by atoms with Crippen molar-refractivity contribution in [3.8, 4) is 0 Å². The summed E-state index contributed by atoms with van der Waals surface area (Å²) < 4.78 is 6.46. The van der Waals surface area contributed by atoms with E-state index in [1.807, 2.05) is 20.9 Å².